The van der Waals surface area contributed by atoms with E-state index in [9.17, 15) is 9.59 Å². The minimum atomic E-state index is -0.782. The van der Waals surface area contributed by atoms with Gasteiger partial charge in [-0.1, -0.05) is 17.7 Å². The molecule has 24 heavy (non-hydrogen) atoms. The van der Waals surface area contributed by atoms with Crippen molar-refractivity contribution in [2.75, 3.05) is 6.61 Å². The fourth-order valence-corrected chi connectivity index (χ4v) is 2.94. The maximum atomic E-state index is 12.1. The molecule has 0 spiro atoms. The van der Waals surface area contributed by atoms with Gasteiger partial charge in [0.25, 0.3) is 11.8 Å². The van der Waals surface area contributed by atoms with Crippen molar-refractivity contribution < 1.29 is 19.1 Å². The molecule has 1 aromatic carbocycles. The maximum absolute atomic E-state index is 12.1. The topological polar surface area (TPSA) is 76.7 Å². The second kappa shape index (κ2) is 6.19. The van der Waals surface area contributed by atoms with Crippen molar-refractivity contribution >= 4 is 11.8 Å². The van der Waals surface area contributed by atoms with Crippen molar-refractivity contribution in [3.05, 3.63) is 35.9 Å². The second-order valence-electron chi connectivity index (χ2n) is 6.54. The van der Waals surface area contributed by atoms with Gasteiger partial charge < -0.3 is 9.47 Å². The highest BCUT2D eigenvalue weighted by Gasteiger charge is 2.36. The molecular weight excluding hydrogens is 308 g/mol. The quantitative estimate of drug-likeness (QED) is 0.652. The highest BCUT2D eigenvalue weighted by molar-refractivity contribution is 5.91. The SMILES string of the molecule is O=C(C=C(C1CC1)C1CC1)NNC(=O)[C@@H]1COc2ccccc2O1. The number of allylic oxidation sites excluding steroid dienone is 1. The zero-order valence-corrected chi connectivity index (χ0v) is 13.3. The van der Waals surface area contributed by atoms with Crippen molar-refractivity contribution in [3.63, 3.8) is 0 Å². The Morgan fingerprint density at radius 3 is 2.33 bits per heavy atom. The van der Waals surface area contributed by atoms with E-state index in [1.807, 2.05) is 12.1 Å². The van der Waals surface area contributed by atoms with Gasteiger partial charge in [-0.3, -0.25) is 20.4 Å². The van der Waals surface area contributed by atoms with E-state index < -0.39 is 12.0 Å². The summed E-state index contributed by atoms with van der Waals surface area (Å²) in [4.78, 5) is 24.2. The van der Waals surface area contributed by atoms with E-state index >= 15 is 0 Å². The van der Waals surface area contributed by atoms with E-state index in [4.69, 9.17) is 9.47 Å². The summed E-state index contributed by atoms with van der Waals surface area (Å²) in [7, 11) is 0. The molecule has 0 radical (unpaired) electrons. The molecule has 0 bridgehead atoms. The van der Waals surface area contributed by atoms with Crippen molar-refractivity contribution in [2.24, 2.45) is 11.8 Å². The van der Waals surface area contributed by atoms with E-state index in [2.05, 4.69) is 10.9 Å². The second-order valence-corrected chi connectivity index (χ2v) is 6.54. The van der Waals surface area contributed by atoms with Crippen LogP contribution in [0.5, 0.6) is 11.5 Å². The lowest BCUT2D eigenvalue weighted by Gasteiger charge is -2.25. The molecule has 1 aliphatic heterocycles. The standard InChI is InChI=1S/C18H20N2O4/c21-17(9-13(11-5-6-11)12-7-8-12)19-20-18(22)16-10-23-14-3-1-2-4-15(14)24-16/h1-4,9,11-12,16H,5-8,10H2,(H,19,21)(H,20,22)/t16-/m0/s1. The molecule has 3 aliphatic rings. The zero-order chi connectivity index (χ0) is 16.5. The number of para-hydroxylation sites is 2. The molecule has 1 atom stereocenters. The molecular formula is C18H20N2O4. The summed E-state index contributed by atoms with van der Waals surface area (Å²) in [5.41, 5.74) is 6.11. The van der Waals surface area contributed by atoms with Crippen LogP contribution >= 0.6 is 0 Å². The van der Waals surface area contributed by atoms with E-state index in [-0.39, 0.29) is 12.5 Å². The van der Waals surface area contributed by atoms with E-state index in [1.54, 1.807) is 18.2 Å². The predicted molar refractivity (Wildman–Crippen MR) is 86.2 cm³/mol. The van der Waals surface area contributed by atoms with Crippen LogP contribution in [-0.4, -0.2) is 24.5 Å². The Morgan fingerprint density at radius 2 is 1.67 bits per heavy atom. The lowest BCUT2D eigenvalue weighted by molar-refractivity contribution is -0.134. The monoisotopic (exact) mass is 328 g/mol. The van der Waals surface area contributed by atoms with Gasteiger partial charge in [0, 0.05) is 6.08 Å². The van der Waals surface area contributed by atoms with Crippen LogP contribution in [0, 0.1) is 11.8 Å². The highest BCUT2D eigenvalue weighted by atomic mass is 16.6. The van der Waals surface area contributed by atoms with Crippen molar-refractivity contribution in [3.8, 4) is 11.5 Å². The average molecular weight is 328 g/mol. The number of hydrogen-bond acceptors (Lipinski definition) is 4. The fourth-order valence-electron chi connectivity index (χ4n) is 2.94. The number of ether oxygens (including phenoxy) is 2. The minimum absolute atomic E-state index is 0.115. The Balaban J connectivity index is 1.30. The van der Waals surface area contributed by atoms with Gasteiger partial charge in [-0.05, 0) is 49.7 Å². The number of rotatable bonds is 4. The largest absolute Gasteiger partial charge is 0.485 e. The van der Waals surface area contributed by atoms with Gasteiger partial charge in [-0.15, -0.1) is 0 Å². The first kappa shape index (κ1) is 15.1. The first-order valence-corrected chi connectivity index (χ1v) is 8.40. The Hall–Kier alpha value is -2.50. The summed E-state index contributed by atoms with van der Waals surface area (Å²) >= 11 is 0. The minimum Gasteiger partial charge on any atom is -0.485 e. The summed E-state index contributed by atoms with van der Waals surface area (Å²) < 4.78 is 11.1. The number of benzene rings is 1. The third-order valence-electron chi connectivity index (χ3n) is 4.51. The van der Waals surface area contributed by atoms with Crippen LogP contribution in [0.25, 0.3) is 0 Å². The van der Waals surface area contributed by atoms with Crippen LogP contribution in [0.3, 0.4) is 0 Å². The number of nitrogens with one attached hydrogen (secondary N) is 2. The molecule has 2 fully saturated rings. The third kappa shape index (κ3) is 3.37. The molecule has 126 valence electrons. The van der Waals surface area contributed by atoms with Crippen LogP contribution in [0.15, 0.2) is 35.9 Å². The third-order valence-corrected chi connectivity index (χ3v) is 4.51. The van der Waals surface area contributed by atoms with Gasteiger partial charge in [-0.2, -0.15) is 0 Å². The first-order chi connectivity index (χ1) is 11.7. The van der Waals surface area contributed by atoms with Gasteiger partial charge in [0.1, 0.15) is 6.61 Å². The van der Waals surface area contributed by atoms with Crippen LogP contribution in [0.2, 0.25) is 0 Å². The number of carbonyl (C=O) groups is 2. The smallest absolute Gasteiger partial charge is 0.283 e. The molecule has 0 aromatic heterocycles. The summed E-state index contributed by atoms with van der Waals surface area (Å²) in [5.74, 6) is 1.59. The number of carbonyl (C=O) groups excluding carboxylic acids is 2. The number of fused-ring (bicyclic) bond motifs is 1. The van der Waals surface area contributed by atoms with E-state index in [1.165, 1.54) is 31.3 Å². The Bertz CT molecular complexity index is 678. The number of hydrogen-bond donors (Lipinski definition) is 2. The zero-order valence-electron chi connectivity index (χ0n) is 13.3. The Kier molecular flexibility index (Phi) is 3.88. The predicted octanol–water partition coefficient (Wildman–Crippen LogP) is 1.72. The van der Waals surface area contributed by atoms with Crippen molar-refractivity contribution in [1.29, 1.82) is 0 Å². The molecule has 2 aliphatic carbocycles. The van der Waals surface area contributed by atoms with Crippen LogP contribution in [-0.2, 0) is 9.59 Å². The molecule has 2 amide bonds. The summed E-state index contributed by atoms with van der Waals surface area (Å²) in [6.45, 7) is 0.115. The van der Waals surface area contributed by atoms with E-state index in [0.29, 0.717) is 23.3 Å². The molecule has 6 heteroatoms. The van der Waals surface area contributed by atoms with Gasteiger partial charge in [0.05, 0.1) is 0 Å². The molecule has 2 N–H and O–H groups in total. The lowest BCUT2D eigenvalue weighted by Crippen LogP contribution is -2.50. The molecule has 1 aromatic rings. The number of hydrazine groups is 1. The number of amides is 2. The first-order valence-electron chi connectivity index (χ1n) is 8.40. The normalized spacial score (nSPS) is 21.6. The van der Waals surface area contributed by atoms with Gasteiger partial charge in [0.2, 0.25) is 6.10 Å². The summed E-state index contributed by atoms with van der Waals surface area (Å²) in [6, 6.07) is 7.18. The highest BCUT2D eigenvalue weighted by Crippen LogP contribution is 2.48. The fraction of sp³-hybridized carbons (Fsp3) is 0.444. The van der Waals surface area contributed by atoms with Crippen molar-refractivity contribution in [2.45, 2.75) is 31.8 Å². The molecule has 6 nitrogen and oxygen atoms in total. The maximum Gasteiger partial charge on any atom is 0.283 e. The van der Waals surface area contributed by atoms with Gasteiger partial charge >= 0.3 is 0 Å². The van der Waals surface area contributed by atoms with Crippen LogP contribution in [0.1, 0.15) is 25.7 Å². The summed E-state index contributed by atoms with van der Waals surface area (Å²) in [5, 5.41) is 0. The van der Waals surface area contributed by atoms with Gasteiger partial charge in [-0.25, -0.2) is 0 Å². The van der Waals surface area contributed by atoms with Crippen LogP contribution in [0.4, 0.5) is 0 Å². The average Bonchev–Trinajstić information content (AvgIpc) is 3.49. The molecule has 0 unspecified atom stereocenters. The Morgan fingerprint density at radius 1 is 1.00 bits per heavy atom. The molecule has 4 rings (SSSR count). The lowest BCUT2D eigenvalue weighted by atomic mass is 10.1. The molecule has 0 saturated heterocycles. The van der Waals surface area contributed by atoms with Crippen molar-refractivity contribution in [1.82, 2.24) is 10.9 Å². The van der Waals surface area contributed by atoms with Crippen LogP contribution < -0.4 is 20.3 Å². The van der Waals surface area contributed by atoms with E-state index in [0.717, 1.165) is 0 Å². The molecule has 2 saturated carbocycles. The van der Waals surface area contributed by atoms with Gasteiger partial charge in [0.15, 0.2) is 11.5 Å². The Labute approximate surface area is 140 Å². The molecule has 1 heterocycles. The summed E-state index contributed by atoms with van der Waals surface area (Å²) in [6.07, 6.45) is 5.57.